The minimum atomic E-state index is -0.480. The van der Waals surface area contributed by atoms with Gasteiger partial charge in [-0.05, 0) is 32.8 Å². The smallest absolute Gasteiger partial charge is 0.317 e. The summed E-state index contributed by atoms with van der Waals surface area (Å²) in [6, 6.07) is 5.67. The molecule has 2 heterocycles. The molecule has 8 nitrogen and oxygen atoms in total. The fourth-order valence-electron chi connectivity index (χ4n) is 3.25. The SMILES string of the molecule is Cc1n[nH]c(C)c1C1CCCN1C(=O)Nc1cccc([N+](=O)[O-])c1. The maximum Gasteiger partial charge on any atom is 0.322 e. The Morgan fingerprint density at radius 3 is 2.92 bits per heavy atom. The number of nitrogens with zero attached hydrogens (tertiary/aromatic N) is 3. The highest BCUT2D eigenvalue weighted by Crippen LogP contribution is 2.35. The van der Waals surface area contributed by atoms with E-state index in [4.69, 9.17) is 0 Å². The topological polar surface area (TPSA) is 104 Å². The van der Waals surface area contributed by atoms with Crippen LogP contribution in [0.25, 0.3) is 0 Å². The van der Waals surface area contributed by atoms with Gasteiger partial charge < -0.3 is 10.2 Å². The van der Waals surface area contributed by atoms with Gasteiger partial charge in [0, 0.05) is 35.6 Å². The highest BCUT2D eigenvalue weighted by molar-refractivity contribution is 5.90. The summed E-state index contributed by atoms with van der Waals surface area (Å²) in [4.78, 5) is 24.8. The van der Waals surface area contributed by atoms with Gasteiger partial charge in [-0.3, -0.25) is 15.2 Å². The van der Waals surface area contributed by atoms with E-state index in [9.17, 15) is 14.9 Å². The number of aryl methyl sites for hydroxylation is 2. The fraction of sp³-hybridized carbons (Fsp3) is 0.375. The lowest BCUT2D eigenvalue weighted by molar-refractivity contribution is -0.384. The first-order valence-electron chi connectivity index (χ1n) is 7.81. The molecule has 0 spiro atoms. The minimum absolute atomic E-state index is 0.0255. The summed E-state index contributed by atoms with van der Waals surface area (Å²) in [6.07, 6.45) is 1.79. The van der Waals surface area contributed by atoms with E-state index in [1.165, 1.54) is 12.1 Å². The van der Waals surface area contributed by atoms with Crippen LogP contribution in [0.5, 0.6) is 0 Å². The van der Waals surface area contributed by atoms with Gasteiger partial charge in [-0.25, -0.2) is 4.79 Å². The molecule has 1 aromatic heterocycles. The second-order valence-corrected chi connectivity index (χ2v) is 5.94. The summed E-state index contributed by atoms with van der Waals surface area (Å²) in [6.45, 7) is 4.52. The molecule has 1 aliphatic heterocycles. The van der Waals surface area contributed by atoms with Crippen LogP contribution in [-0.2, 0) is 0 Å². The number of nitro groups is 1. The molecular weight excluding hydrogens is 310 g/mol. The van der Waals surface area contributed by atoms with Gasteiger partial charge in [0.2, 0.25) is 0 Å². The number of hydrogen-bond acceptors (Lipinski definition) is 4. The molecule has 2 aromatic rings. The number of carbonyl (C=O) groups is 1. The number of non-ortho nitro benzene ring substituents is 1. The number of carbonyl (C=O) groups excluding carboxylic acids is 1. The number of aromatic nitrogens is 2. The number of benzene rings is 1. The van der Waals surface area contributed by atoms with E-state index in [0.29, 0.717) is 12.2 Å². The maximum absolute atomic E-state index is 12.6. The minimum Gasteiger partial charge on any atom is -0.317 e. The first-order valence-corrected chi connectivity index (χ1v) is 7.81. The Balaban J connectivity index is 1.79. The predicted molar refractivity (Wildman–Crippen MR) is 88.9 cm³/mol. The van der Waals surface area contributed by atoms with Crippen LogP contribution in [0.15, 0.2) is 24.3 Å². The Morgan fingerprint density at radius 1 is 1.46 bits per heavy atom. The van der Waals surface area contributed by atoms with E-state index in [2.05, 4.69) is 15.5 Å². The second-order valence-electron chi connectivity index (χ2n) is 5.94. The lowest BCUT2D eigenvalue weighted by atomic mass is 10.0. The van der Waals surface area contributed by atoms with Crippen molar-refractivity contribution in [3.05, 3.63) is 51.3 Å². The predicted octanol–water partition coefficient (Wildman–Crippen LogP) is 3.30. The summed E-state index contributed by atoms with van der Waals surface area (Å²) in [7, 11) is 0. The Hall–Kier alpha value is -2.90. The molecule has 2 N–H and O–H groups in total. The lowest BCUT2D eigenvalue weighted by Crippen LogP contribution is -2.34. The van der Waals surface area contributed by atoms with Crippen LogP contribution < -0.4 is 5.32 Å². The van der Waals surface area contributed by atoms with Crippen molar-refractivity contribution in [2.24, 2.45) is 0 Å². The number of H-pyrrole nitrogens is 1. The van der Waals surface area contributed by atoms with Gasteiger partial charge in [0.25, 0.3) is 5.69 Å². The zero-order valence-corrected chi connectivity index (χ0v) is 13.6. The Labute approximate surface area is 139 Å². The van der Waals surface area contributed by atoms with Crippen LogP contribution >= 0.6 is 0 Å². The molecule has 0 saturated carbocycles. The van der Waals surface area contributed by atoms with Gasteiger partial charge in [-0.15, -0.1) is 0 Å². The number of rotatable bonds is 3. The Morgan fingerprint density at radius 2 is 2.25 bits per heavy atom. The number of anilines is 1. The Bertz CT molecular complexity index is 766. The van der Waals surface area contributed by atoms with Crippen molar-refractivity contribution in [3.63, 3.8) is 0 Å². The quantitative estimate of drug-likeness (QED) is 0.666. The highest BCUT2D eigenvalue weighted by atomic mass is 16.6. The first kappa shape index (κ1) is 16.0. The van der Waals surface area contributed by atoms with Gasteiger partial charge in [-0.2, -0.15) is 5.10 Å². The molecule has 3 rings (SSSR count). The number of nitrogens with one attached hydrogen (secondary N) is 2. The maximum atomic E-state index is 12.6. The monoisotopic (exact) mass is 329 g/mol. The molecule has 1 unspecified atom stereocenters. The normalized spacial score (nSPS) is 17.1. The summed E-state index contributed by atoms with van der Waals surface area (Å²) >= 11 is 0. The second kappa shape index (κ2) is 6.31. The van der Waals surface area contributed by atoms with Crippen molar-refractivity contribution in [3.8, 4) is 0 Å². The molecule has 1 atom stereocenters. The standard InChI is InChI=1S/C16H19N5O3/c1-10-15(11(2)19-18-10)14-7-4-8-20(14)16(22)17-12-5-3-6-13(9-12)21(23)24/h3,5-6,9,14H,4,7-8H2,1-2H3,(H,17,22)(H,18,19). The molecule has 126 valence electrons. The average Bonchev–Trinajstić information content (AvgIpc) is 3.14. The van der Waals surface area contributed by atoms with Crippen molar-refractivity contribution < 1.29 is 9.72 Å². The number of nitro benzene ring substituents is 1. The third-order valence-corrected chi connectivity index (χ3v) is 4.34. The molecule has 0 aliphatic carbocycles. The van der Waals surface area contributed by atoms with E-state index < -0.39 is 4.92 Å². The molecule has 8 heteroatoms. The van der Waals surface area contributed by atoms with Crippen molar-refractivity contribution in [1.82, 2.24) is 15.1 Å². The van der Waals surface area contributed by atoms with Gasteiger partial charge in [-0.1, -0.05) is 6.07 Å². The number of hydrogen-bond donors (Lipinski definition) is 2. The van der Waals surface area contributed by atoms with Gasteiger partial charge >= 0.3 is 6.03 Å². The highest BCUT2D eigenvalue weighted by Gasteiger charge is 2.33. The zero-order valence-electron chi connectivity index (χ0n) is 13.6. The molecule has 1 saturated heterocycles. The molecule has 0 radical (unpaired) electrons. The number of amides is 2. The zero-order chi connectivity index (χ0) is 17.3. The third kappa shape index (κ3) is 2.94. The van der Waals surface area contributed by atoms with Crippen LogP contribution in [0.4, 0.5) is 16.2 Å². The summed E-state index contributed by atoms with van der Waals surface area (Å²) < 4.78 is 0. The van der Waals surface area contributed by atoms with Gasteiger partial charge in [0.1, 0.15) is 0 Å². The van der Waals surface area contributed by atoms with E-state index in [1.54, 1.807) is 17.0 Å². The van der Waals surface area contributed by atoms with Crippen LogP contribution in [0, 0.1) is 24.0 Å². The largest absolute Gasteiger partial charge is 0.322 e. The number of aromatic amines is 1. The number of likely N-dealkylation sites (tertiary alicyclic amines) is 1. The van der Waals surface area contributed by atoms with Crippen LogP contribution in [0.2, 0.25) is 0 Å². The van der Waals surface area contributed by atoms with E-state index in [-0.39, 0.29) is 17.8 Å². The first-order chi connectivity index (χ1) is 11.5. The van der Waals surface area contributed by atoms with E-state index in [1.807, 2.05) is 13.8 Å². The van der Waals surface area contributed by atoms with Crippen LogP contribution in [0.3, 0.4) is 0 Å². The van der Waals surface area contributed by atoms with Crippen molar-refractivity contribution in [2.75, 3.05) is 11.9 Å². The van der Waals surface area contributed by atoms with Crippen molar-refractivity contribution >= 4 is 17.4 Å². The van der Waals surface area contributed by atoms with Crippen molar-refractivity contribution in [1.29, 1.82) is 0 Å². The average molecular weight is 329 g/mol. The Kier molecular flexibility index (Phi) is 4.20. The molecule has 1 fully saturated rings. The van der Waals surface area contributed by atoms with Crippen LogP contribution in [0.1, 0.15) is 35.8 Å². The summed E-state index contributed by atoms with van der Waals surface area (Å²) in [5, 5.41) is 20.8. The molecular formula is C16H19N5O3. The van der Waals surface area contributed by atoms with Gasteiger partial charge in [0.05, 0.1) is 16.7 Å². The lowest BCUT2D eigenvalue weighted by Gasteiger charge is -2.25. The molecule has 1 aromatic carbocycles. The van der Waals surface area contributed by atoms with E-state index in [0.717, 1.165) is 29.8 Å². The molecule has 0 bridgehead atoms. The number of urea groups is 1. The molecule has 24 heavy (non-hydrogen) atoms. The molecule has 1 aliphatic rings. The third-order valence-electron chi connectivity index (χ3n) is 4.34. The van der Waals surface area contributed by atoms with Crippen molar-refractivity contribution in [2.45, 2.75) is 32.7 Å². The van der Waals surface area contributed by atoms with E-state index >= 15 is 0 Å². The molecule has 2 amide bonds. The summed E-state index contributed by atoms with van der Waals surface area (Å²) in [5.41, 5.74) is 3.29. The van der Waals surface area contributed by atoms with Gasteiger partial charge in [0.15, 0.2) is 0 Å². The van der Waals surface area contributed by atoms with Crippen LogP contribution in [-0.4, -0.2) is 32.6 Å². The fourth-order valence-corrected chi connectivity index (χ4v) is 3.25. The summed E-state index contributed by atoms with van der Waals surface area (Å²) in [5.74, 6) is 0.